The van der Waals surface area contributed by atoms with Crippen LogP contribution in [0.5, 0.6) is 0 Å². The number of benzene rings is 1. The van der Waals surface area contributed by atoms with E-state index in [0.29, 0.717) is 0 Å². The van der Waals surface area contributed by atoms with Crippen LogP contribution in [0.15, 0.2) is 24.5 Å². The van der Waals surface area contributed by atoms with E-state index in [9.17, 15) is 0 Å². The molecule has 0 fully saturated rings. The zero-order chi connectivity index (χ0) is 11.8. The molecule has 6 heteroatoms. The second-order valence-corrected chi connectivity index (χ2v) is 4.71. The molecule has 17 heavy (non-hydrogen) atoms. The number of hydrogen-bond donors (Lipinski definition) is 3. The van der Waals surface area contributed by atoms with E-state index in [1.165, 1.54) is 0 Å². The average Bonchev–Trinajstić information content (AvgIpc) is 2.93. The van der Waals surface area contributed by atoms with Gasteiger partial charge >= 0.3 is 0 Å². The highest BCUT2D eigenvalue weighted by molar-refractivity contribution is 7.19. The molecule has 0 amide bonds. The summed E-state index contributed by atoms with van der Waals surface area (Å²) in [5, 5.41) is 1.84. The molecule has 0 aliphatic heterocycles. The number of imidazole rings is 1. The van der Waals surface area contributed by atoms with E-state index in [-0.39, 0.29) is 0 Å². The molecule has 0 atom stereocenters. The number of fused-ring (bicyclic) bond motifs is 1. The lowest BCUT2D eigenvalue weighted by atomic mass is 10.2. The summed E-state index contributed by atoms with van der Waals surface area (Å²) in [6.07, 6.45) is 1.69. The summed E-state index contributed by atoms with van der Waals surface area (Å²) < 4.78 is 0. The second-order valence-electron chi connectivity index (χ2n) is 3.71. The number of anilines is 1. The van der Waals surface area contributed by atoms with Gasteiger partial charge in [0.05, 0.1) is 23.1 Å². The normalized spacial score (nSPS) is 10.9. The van der Waals surface area contributed by atoms with Crippen LogP contribution in [-0.2, 0) is 0 Å². The third-order valence-electron chi connectivity index (χ3n) is 2.59. The van der Waals surface area contributed by atoms with Crippen molar-refractivity contribution in [2.75, 3.05) is 5.43 Å². The van der Waals surface area contributed by atoms with E-state index in [1.54, 1.807) is 17.7 Å². The van der Waals surface area contributed by atoms with E-state index >= 15 is 0 Å². The molecule has 2 aromatic heterocycles. The number of nitrogens with two attached hydrogens (primary N) is 1. The Morgan fingerprint density at radius 1 is 1.41 bits per heavy atom. The van der Waals surface area contributed by atoms with Crippen molar-refractivity contribution in [2.45, 2.75) is 6.92 Å². The summed E-state index contributed by atoms with van der Waals surface area (Å²) in [5.41, 5.74) is 6.60. The minimum atomic E-state index is 0.893. The fourth-order valence-corrected chi connectivity index (χ4v) is 2.60. The number of aromatic amines is 1. The van der Waals surface area contributed by atoms with Crippen molar-refractivity contribution in [1.29, 1.82) is 0 Å². The molecule has 86 valence electrons. The summed E-state index contributed by atoms with van der Waals surface area (Å²) >= 11 is 1.54. The third kappa shape index (κ3) is 1.67. The number of nitrogens with one attached hydrogen (secondary N) is 2. The second kappa shape index (κ2) is 3.83. The van der Waals surface area contributed by atoms with Crippen molar-refractivity contribution in [3.05, 3.63) is 30.2 Å². The van der Waals surface area contributed by atoms with Crippen LogP contribution in [0, 0.1) is 6.92 Å². The molecule has 0 unspecified atom stereocenters. The monoisotopic (exact) mass is 245 g/mol. The van der Waals surface area contributed by atoms with Gasteiger partial charge in [-0.2, -0.15) is 0 Å². The van der Waals surface area contributed by atoms with Crippen LogP contribution in [-0.4, -0.2) is 15.0 Å². The van der Waals surface area contributed by atoms with Crippen molar-refractivity contribution >= 4 is 27.4 Å². The molecule has 0 saturated heterocycles. The number of hydrogen-bond acceptors (Lipinski definition) is 5. The summed E-state index contributed by atoms with van der Waals surface area (Å²) in [7, 11) is 0. The molecule has 0 aliphatic rings. The first-order chi connectivity index (χ1) is 8.28. The van der Waals surface area contributed by atoms with Crippen molar-refractivity contribution in [3.63, 3.8) is 0 Å². The number of hydrazine groups is 1. The fourth-order valence-electron chi connectivity index (χ4n) is 1.72. The fraction of sp³-hybridized carbons (Fsp3) is 0.0909. The Balaban J connectivity index is 2.12. The zero-order valence-corrected chi connectivity index (χ0v) is 10.0. The van der Waals surface area contributed by atoms with Gasteiger partial charge in [-0.3, -0.25) is 0 Å². The van der Waals surface area contributed by atoms with Crippen molar-refractivity contribution in [2.24, 2.45) is 5.84 Å². The number of aromatic nitrogens is 3. The van der Waals surface area contributed by atoms with Crippen LogP contribution in [0.3, 0.4) is 0 Å². The van der Waals surface area contributed by atoms with Crippen LogP contribution in [0.4, 0.5) is 5.00 Å². The smallest absolute Gasteiger partial charge is 0.126 e. The predicted octanol–water partition coefficient (Wildman–Crippen LogP) is 2.28. The van der Waals surface area contributed by atoms with E-state index in [1.807, 2.05) is 25.1 Å². The van der Waals surface area contributed by atoms with Gasteiger partial charge in [0.25, 0.3) is 0 Å². The molecule has 3 rings (SSSR count). The maximum Gasteiger partial charge on any atom is 0.126 e. The zero-order valence-electron chi connectivity index (χ0n) is 9.19. The molecular weight excluding hydrogens is 234 g/mol. The number of rotatable bonds is 2. The molecule has 3 aromatic rings. The lowest BCUT2D eigenvalue weighted by molar-refractivity contribution is 1.24. The van der Waals surface area contributed by atoms with E-state index in [2.05, 4.69) is 20.4 Å². The highest BCUT2D eigenvalue weighted by Crippen LogP contribution is 2.32. The molecular formula is C11H11N5S. The molecule has 5 nitrogen and oxygen atoms in total. The standard InChI is InChI=1S/C11H11N5S/c1-6-10(16-12)17-11(15-6)7-2-3-8-9(4-7)14-5-13-8/h2-5,16H,12H2,1H3,(H,13,14). The number of H-pyrrole nitrogens is 1. The Kier molecular flexibility index (Phi) is 2.31. The van der Waals surface area contributed by atoms with Gasteiger partial charge in [0.2, 0.25) is 0 Å². The first-order valence-corrected chi connectivity index (χ1v) is 5.97. The number of nitrogens with zero attached hydrogens (tertiary/aromatic N) is 2. The molecule has 2 heterocycles. The summed E-state index contributed by atoms with van der Waals surface area (Å²) in [5.74, 6) is 5.42. The van der Waals surface area contributed by atoms with Gasteiger partial charge in [0, 0.05) is 5.56 Å². The highest BCUT2D eigenvalue weighted by Gasteiger charge is 2.09. The lowest BCUT2D eigenvalue weighted by Gasteiger charge is -1.95. The lowest BCUT2D eigenvalue weighted by Crippen LogP contribution is -2.05. The van der Waals surface area contributed by atoms with Crippen LogP contribution in [0.25, 0.3) is 21.6 Å². The van der Waals surface area contributed by atoms with Gasteiger partial charge in [-0.1, -0.05) is 11.3 Å². The van der Waals surface area contributed by atoms with Gasteiger partial charge < -0.3 is 10.4 Å². The Morgan fingerprint density at radius 3 is 3.06 bits per heavy atom. The SMILES string of the molecule is Cc1nc(-c2ccc3nc[nH]c3c2)sc1NN. The first-order valence-electron chi connectivity index (χ1n) is 5.15. The van der Waals surface area contributed by atoms with Gasteiger partial charge in [-0.25, -0.2) is 15.8 Å². The Bertz CT molecular complexity index is 669. The summed E-state index contributed by atoms with van der Waals surface area (Å²) in [4.78, 5) is 11.8. The molecule has 0 aliphatic carbocycles. The van der Waals surface area contributed by atoms with Crippen LogP contribution in [0.1, 0.15) is 5.69 Å². The van der Waals surface area contributed by atoms with Crippen LogP contribution >= 0.6 is 11.3 Å². The van der Waals surface area contributed by atoms with E-state index in [4.69, 9.17) is 5.84 Å². The highest BCUT2D eigenvalue weighted by atomic mass is 32.1. The van der Waals surface area contributed by atoms with Gasteiger partial charge in [0.15, 0.2) is 0 Å². The quantitative estimate of drug-likeness (QED) is 0.478. The van der Waals surface area contributed by atoms with Gasteiger partial charge in [-0.15, -0.1) is 0 Å². The maximum absolute atomic E-state index is 5.42. The number of thiazole rings is 1. The van der Waals surface area contributed by atoms with Crippen LogP contribution < -0.4 is 11.3 Å². The van der Waals surface area contributed by atoms with E-state index < -0.39 is 0 Å². The van der Waals surface area contributed by atoms with Crippen molar-refractivity contribution in [1.82, 2.24) is 15.0 Å². The molecule has 0 spiro atoms. The van der Waals surface area contributed by atoms with Crippen molar-refractivity contribution < 1.29 is 0 Å². The molecule has 0 radical (unpaired) electrons. The Labute approximate surface area is 102 Å². The minimum Gasteiger partial charge on any atom is -0.345 e. The third-order valence-corrected chi connectivity index (χ3v) is 3.73. The first kappa shape index (κ1) is 10.2. The van der Waals surface area contributed by atoms with Crippen LogP contribution in [0.2, 0.25) is 0 Å². The molecule has 0 bridgehead atoms. The largest absolute Gasteiger partial charge is 0.345 e. The summed E-state index contributed by atoms with van der Waals surface area (Å²) in [6, 6.07) is 6.04. The topological polar surface area (TPSA) is 79.6 Å². The number of aryl methyl sites for hydroxylation is 1. The molecule has 4 N–H and O–H groups in total. The maximum atomic E-state index is 5.42. The van der Waals surface area contributed by atoms with Gasteiger partial charge in [-0.05, 0) is 25.1 Å². The van der Waals surface area contributed by atoms with Crippen molar-refractivity contribution in [3.8, 4) is 10.6 Å². The molecule has 1 aromatic carbocycles. The van der Waals surface area contributed by atoms with Gasteiger partial charge in [0.1, 0.15) is 10.0 Å². The Hall–Kier alpha value is -1.92. The predicted molar refractivity (Wildman–Crippen MR) is 69.7 cm³/mol. The average molecular weight is 245 g/mol. The number of nitrogen functional groups attached to an aromatic ring is 1. The molecule has 0 saturated carbocycles. The minimum absolute atomic E-state index is 0.893. The Morgan fingerprint density at radius 2 is 2.29 bits per heavy atom. The summed E-state index contributed by atoms with van der Waals surface area (Å²) in [6.45, 7) is 1.93. The van der Waals surface area contributed by atoms with E-state index in [0.717, 1.165) is 32.3 Å².